The number of aromatic nitrogens is 2. The molecule has 0 spiro atoms. The van der Waals surface area contributed by atoms with Gasteiger partial charge in [-0.1, -0.05) is 194 Å². The molecule has 268 valence electrons. The molecule has 0 saturated carbocycles. The zero-order chi connectivity index (χ0) is 37.8. The SMILES string of the molecule is c1ccc(-c2cccc(-n3c4ccccc4c4cccc(-n5c6ccccc6c6ccc([Si](c7ccccc7)(c7ccccc7)c7ccccc7)cc65)c43)c2)cc1. The number of benzene rings is 9. The molecule has 2 heterocycles. The van der Waals surface area contributed by atoms with Crippen molar-refractivity contribution in [3.05, 3.63) is 231 Å². The monoisotopic (exact) mass is 742 g/mol. The highest BCUT2D eigenvalue weighted by Crippen LogP contribution is 2.40. The molecule has 11 rings (SSSR count). The van der Waals surface area contributed by atoms with Crippen molar-refractivity contribution in [2.45, 2.75) is 0 Å². The van der Waals surface area contributed by atoms with Crippen LogP contribution in [-0.4, -0.2) is 17.2 Å². The summed E-state index contributed by atoms with van der Waals surface area (Å²) in [6, 6.07) is 85.2. The van der Waals surface area contributed by atoms with Gasteiger partial charge in [0.15, 0.2) is 8.07 Å². The van der Waals surface area contributed by atoms with E-state index < -0.39 is 8.07 Å². The van der Waals surface area contributed by atoms with Crippen molar-refractivity contribution < 1.29 is 0 Å². The Labute approximate surface area is 333 Å². The molecule has 0 radical (unpaired) electrons. The Morgan fingerprint density at radius 2 is 0.754 bits per heavy atom. The van der Waals surface area contributed by atoms with E-state index in [1.165, 1.54) is 75.5 Å². The molecule has 11 aromatic rings. The molecule has 2 aromatic heterocycles. The molecular formula is C54H38N2Si. The molecule has 57 heavy (non-hydrogen) atoms. The number of hydrogen-bond donors (Lipinski definition) is 0. The average molecular weight is 743 g/mol. The molecule has 9 aromatic carbocycles. The van der Waals surface area contributed by atoms with Gasteiger partial charge in [-0.2, -0.15) is 0 Å². The Hall–Kier alpha value is -7.20. The molecular weight excluding hydrogens is 705 g/mol. The summed E-state index contributed by atoms with van der Waals surface area (Å²) in [5.74, 6) is 0. The molecule has 0 amide bonds. The third kappa shape index (κ3) is 5.17. The summed E-state index contributed by atoms with van der Waals surface area (Å²) in [4.78, 5) is 0. The van der Waals surface area contributed by atoms with Crippen molar-refractivity contribution in [1.82, 2.24) is 9.13 Å². The van der Waals surface area contributed by atoms with Crippen molar-refractivity contribution in [1.29, 1.82) is 0 Å². The van der Waals surface area contributed by atoms with E-state index in [4.69, 9.17) is 0 Å². The molecule has 3 heteroatoms. The molecule has 0 atom stereocenters. The van der Waals surface area contributed by atoms with Crippen LogP contribution in [0.2, 0.25) is 0 Å². The van der Waals surface area contributed by atoms with Crippen LogP contribution in [0.4, 0.5) is 0 Å². The lowest BCUT2D eigenvalue weighted by Crippen LogP contribution is -2.74. The zero-order valence-electron chi connectivity index (χ0n) is 31.3. The lowest BCUT2D eigenvalue weighted by atomic mass is 10.1. The van der Waals surface area contributed by atoms with Crippen LogP contribution < -0.4 is 20.7 Å². The number of rotatable bonds is 7. The second-order valence-electron chi connectivity index (χ2n) is 14.9. The summed E-state index contributed by atoms with van der Waals surface area (Å²) in [7, 11) is -2.79. The first-order valence-electron chi connectivity index (χ1n) is 19.7. The standard InChI is InChI=1S/C54H38N2Si/c1-5-19-39(20-6-1)40-21-17-22-41(37-40)55-50-32-15-14-30-47(50)49-31-18-34-52(54(49)55)56-51-33-16-13-29-46(51)48-36-35-45(38-53(48)56)57(42-23-7-2-8-24-42,43-25-9-3-10-26-43)44-27-11-4-12-28-44/h1-38H. The highest BCUT2D eigenvalue weighted by atomic mass is 28.3. The van der Waals surface area contributed by atoms with Crippen LogP contribution in [0.3, 0.4) is 0 Å². The normalized spacial score (nSPS) is 11.9. The van der Waals surface area contributed by atoms with Gasteiger partial charge in [-0.05, 0) is 68.3 Å². The van der Waals surface area contributed by atoms with Gasteiger partial charge in [0, 0.05) is 27.2 Å². The maximum absolute atomic E-state index is 2.79. The topological polar surface area (TPSA) is 9.86 Å². The summed E-state index contributed by atoms with van der Waals surface area (Å²) in [5.41, 5.74) is 9.47. The van der Waals surface area contributed by atoms with E-state index in [2.05, 4.69) is 240 Å². The van der Waals surface area contributed by atoms with Crippen LogP contribution in [0.25, 0.3) is 66.1 Å². The molecule has 0 bridgehead atoms. The van der Waals surface area contributed by atoms with Gasteiger partial charge >= 0.3 is 0 Å². The minimum absolute atomic E-state index is 1.14. The molecule has 0 N–H and O–H groups in total. The summed E-state index contributed by atoms with van der Waals surface area (Å²) in [5, 5.41) is 10.4. The first kappa shape index (κ1) is 33.2. The van der Waals surface area contributed by atoms with Crippen LogP contribution >= 0.6 is 0 Å². The fourth-order valence-electron chi connectivity index (χ4n) is 9.43. The van der Waals surface area contributed by atoms with Crippen molar-refractivity contribution in [3.8, 4) is 22.5 Å². The molecule has 0 aliphatic carbocycles. The van der Waals surface area contributed by atoms with Crippen molar-refractivity contribution in [3.63, 3.8) is 0 Å². The van der Waals surface area contributed by atoms with Crippen LogP contribution in [0, 0.1) is 0 Å². The van der Waals surface area contributed by atoms with E-state index in [1.54, 1.807) is 0 Å². The fourth-order valence-corrected chi connectivity index (χ4v) is 14.2. The largest absolute Gasteiger partial charge is 0.307 e. The average Bonchev–Trinajstić information content (AvgIpc) is 3.81. The van der Waals surface area contributed by atoms with Gasteiger partial charge in [-0.15, -0.1) is 0 Å². The van der Waals surface area contributed by atoms with Gasteiger partial charge in [0.05, 0.1) is 27.8 Å². The van der Waals surface area contributed by atoms with Crippen molar-refractivity contribution in [2.24, 2.45) is 0 Å². The minimum atomic E-state index is -2.79. The third-order valence-electron chi connectivity index (χ3n) is 11.9. The Morgan fingerprint density at radius 1 is 0.281 bits per heavy atom. The number of hydrogen-bond acceptors (Lipinski definition) is 0. The zero-order valence-corrected chi connectivity index (χ0v) is 32.3. The molecule has 0 fully saturated rings. The molecule has 0 aliphatic rings. The Kier molecular flexibility index (Phi) is 7.87. The maximum atomic E-state index is 2.53. The lowest BCUT2D eigenvalue weighted by molar-refractivity contribution is 1.13. The highest BCUT2D eigenvalue weighted by Gasteiger charge is 2.41. The van der Waals surface area contributed by atoms with Gasteiger partial charge in [0.1, 0.15) is 0 Å². The van der Waals surface area contributed by atoms with E-state index in [0.717, 1.165) is 11.4 Å². The minimum Gasteiger partial charge on any atom is -0.307 e. The first-order chi connectivity index (χ1) is 28.3. The van der Waals surface area contributed by atoms with E-state index in [-0.39, 0.29) is 0 Å². The number of fused-ring (bicyclic) bond motifs is 6. The predicted molar refractivity (Wildman–Crippen MR) is 244 cm³/mol. The van der Waals surface area contributed by atoms with E-state index in [0.29, 0.717) is 0 Å². The van der Waals surface area contributed by atoms with E-state index in [1.807, 2.05) is 0 Å². The second-order valence-corrected chi connectivity index (χ2v) is 18.7. The van der Waals surface area contributed by atoms with Crippen LogP contribution in [0.1, 0.15) is 0 Å². The lowest BCUT2D eigenvalue weighted by Gasteiger charge is -2.34. The van der Waals surface area contributed by atoms with Crippen LogP contribution in [-0.2, 0) is 0 Å². The van der Waals surface area contributed by atoms with E-state index >= 15 is 0 Å². The molecule has 0 saturated heterocycles. The number of para-hydroxylation sites is 3. The Bertz CT molecular complexity index is 3120. The summed E-state index contributed by atoms with van der Waals surface area (Å²) >= 11 is 0. The van der Waals surface area contributed by atoms with Crippen LogP contribution in [0.5, 0.6) is 0 Å². The molecule has 2 nitrogen and oxygen atoms in total. The highest BCUT2D eigenvalue weighted by molar-refractivity contribution is 7.20. The quantitative estimate of drug-likeness (QED) is 0.114. The Balaban J connectivity index is 1.25. The van der Waals surface area contributed by atoms with Gasteiger partial charge in [-0.25, -0.2) is 0 Å². The molecule has 0 aliphatic heterocycles. The smallest absolute Gasteiger partial charge is 0.179 e. The maximum Gasteiger partial charge on any atom is 0.179 e. The third-order valence-corrected chi connectivity index (χ3v) is 16.6. The summed E-state index contributed by atoms with van der Waals surface area (Å²) < 4.78 is 5.01. The number of nitrogens with zero attached hydrogens (tertiary/aromatic N) is 2. The van der Waals surface area contributed by atoms with E-state index in [9.17, 15) is 0 Å². The predicted octanol–water partition coefficient (Wildman–Crippen LogP) is 10.9. The van der Waals surface area contributed by atoms with Crippen molar-refractivity contribution in [2.75, 3.05) is 0 Å². The second kappa shape index (κ2) is 13.5. The summed E-state index contributed by atoms with van der Waals surface area (Å²) in [6.07, 6.45) is 0. The van der Waals surface area contributed by atoms with Gasteiger partial charge < -0.3 is 9.13 Å². The van der Waals surface area contributed by atoms with Gasteiger partial charge in [-0.3, -0.25) is 0 Å². The van der Waals surface area contributed by atoms with Gasteiger partial charge in [0.2, 0.25) is 0 Å². The summed E-state index contributed by atoms with van der Waals surface area (Å²) in [6.45, 7) is 0. The van der Waals surface area contributed by atoms with Gasteiger partial charge in [0.25, 0.3) is 0 Å². The first-order valence-corrected chi connectivity index (χ1v) is 21.7. The Morgan fingerprint density at radius 3 is 1.39 bits per heavy atom. The molecule has 0 unspecified atom stereocenters. The fraction of sp³-hybridized carbons (Fsp3) is 0. The van der Waals surface area contributed by atoms with Crippen LogP contribution in [0.15, 0.2) is 231 Å². The van der Waals surface area contributed by atoms with Crippen molar-refractivity contribution >= 4 is 72.4 Å².